The molecule has 0 aromatic carbocycles. The number of anilines is 1. The predicted octanol–water partition coefficient (Wildman–Crippen LogP) is 4.59. The van der Waals surface area contributed by atoms with Crippen LogP contribution in [-0.4, -0.2) is 97.4 Å². The highest BCUT2D eigenvalue weighted by Gasteiger charge is 2.51. The molecule has 4 aromatic rings. The summed E-state index contributed by atoms with van der Waals surface area (Å²) >= 11 is 1.68. The summed E-state index contributed by atoms with van der Waals surface area (Å²) in [6, 6.07) is 11.5. The molecule has 0 unspecified atom stereocenters. The van der Waals surface area contributed by atoms with Gasteiger partial charge in [0.15, 0.2) is 5.82 Å². The molecule has 1 N–H and O–H groups in total. The fourth-order valence-corrected chi connectivity index (χ4v) is 7.91. The average Bonchev–Trinajstić information content (AvgIpc) is 3.90. The van der Waals surface area contributed by atoms with Crippen LogP contribution >= 0.6 is 11.3 Å². The first kappa shape index (κ1) is 32.8. The van der Waals surface area contributed by atoms with Crippen molar-refractivity contribution in [3.8, 4) is 16.6 Å². The molecule has 4 aromatic heterocycles. The van der Waals surface area contributed by atoms with Crippen LogP contribution in [0.3, 0.4) is 0 Å². The zero-order chi connectivity index (χ0) is 34.3. The Labute approximate surface area is 290 Å². The van der Waals surface area contributed by atoms with Crippen LogP contribution in [0.5, 0.6) is 5.88 Å². The topological polar surface area (TPSA) is 133 Å². The lowest BCUT2D eigenvalue weighted by atomic mass is 9.85. The van der Waals surface area contributed by atoms with E-state index in [4.69, 9.17) is 15.1 Å². The SMILES string of the molecule is Cc1ccc(N2CC[C@]3(CCN(CC(=O)N4CC=C(c5ccc(-c6ncn(C)n6)s5)CC4)C3)C2=O)nc1C(=N)c1ccc(OC(C)C)nc1. The fraction of sp³-hybridized carbons (Fsp3) is 0.417. The highest BCUT2D eigenvalue weighted by Crippen LogP contribution is 2.42. The van der Waals surface area contributed by atoms with Gasteiger partial charge in [-0.3, -0.25) is 29.5 Å². The van der Waals surface area contributed by atoms with Gasteiger partial charge in [-0.1, -0.05) is 12.1 Å². The Hall–Kier alpha value is -4.75. The number of carbonyl (C=O) groups is 2. The minimum atomic E-state index is -0.523. The molecule has 2 saturated heterocycles. The molecular formula is C36H41N9O3S. The van der Waals surface area contributed by atoms with Crippen LogP contribution < -0.4 is 9.64 Å². The molecule has 2 amide bonds. The number of nitrogens with zero attached hydrogens (tertiary/aromatic N) is 8. The van der Waals surface area contributed by atoms with E-state index in [-0.39, 0.29) is 23.6 Å². The van der Waals surface area contributed by atoms with Crippen molar-refractivity contribution in [2.24, 2.45) is 12.5 Å². The number of ether oxygens (including phenoxy) is 1. The molecule has 1 atom stereocenters. The van der Waals surface area contributed by atoms with Gasteiger partial charge in [0.05, 0.1) is 34.3 Å². The number of hydrogen-bond acceptors (Lipinski definition) is 10. The molecule has 3 aliphatic rings. The van der Waals surface area contributed by atoms with Gasteiger partial charge in [0.2, 0.25) is 17.7 Å². The van der Waals surface area contributed by atoms with Gasteiger partial charge in [0.25, 0.3) is 0 Å². The van der Waals surface area contributed by atoms with E-state index in [1.807, 2.05) is 50.9 Å². The number of pyridine rings is 2. The summed E-state index contributed by atoms with van der Waals surface area (Å²) in [4.78, 5) is 48.9. The van der Waals surface area contributed by atoms with E-state index in [0.717, 1.165) is 29.1 Å². The Morgan fingerprint density at radius 2 is 1.88 bits per heavy atom. The van der Waals surface area contributed by atoms with Gasteiger partial charge < -0.3 is 9.64 Å². The number of amides is 2. The number of hydrogen-bond donors (Lipinski definition) is 1. The van der Waals surface area contributed by atoms with E-state index >= 15 is 0 Å². The summed E-state index contributed by atoms with van der Waals surface area (Å²) < 4.78 is 7.34. The quantitative estimate of drug-likeness (QED) is 0.254. The molecular weight excluding hydrogens is 639 g/mol. The summed E-state index contributed by atoms with van der Waals surface area (Å²) in [5.74, 6) is 1.94. The van der Waals surface area contributed by atoms with Gasteiger partial charge in [-0.05, 0) is 82.0 Å². The molecule has 7 rings (SSSR count). The first-order valence-electron chi connectivity index (χ1n) is 16.8. The number of aryl methyl sites for hydroxylation is 2. The fourth-order valence-electron chi connectivity index (χ4n) is 6.90. The van der Waals surface area contributed by atoms with Gasteiger partial charge in [0, 0.05) is 55.9 Å². The van der Waals surface area contributed by atoms with Crippen LogP contribution in [0.15, 0.2) is 55.0 Å². The Balaban J connectivity index is 0.958. The van der Waals surface area contributed by atoms with Crippen molar-refractivity contribution < 1.29 is 14.3 Å². The Bertz CT molecular complexity index is 1930. The third-order valence-electron chi connectivity index (χ3n) is 9.59. The lowest BCUT2D eigenvalue weighted by molar-refractivity contribution is -0.132. The van der Waals surface area contributed by atoms with Crippen molar-refractivity contribution in [3.05, 3.63) is 76.7 Å². The van der Waals surface area contributed by atoms with Gasteiger partial charge in [-0.25, -0.2) is 15.0 Å². The Morgan fingerprint density at radius 3 is 2.59 bits per heavy atom. The van der Waals surface area contributed by atoms with Crippen molar-refractivity contribution in [3.63, 3.8) is 0 Å². The zero-order valence-electron chi connectivity index (χ0n) is 28.3. The van der Waals surface area contributed by atoms with E-state index in [2.05, 4.69) is 38.2 Å². The van der Waals surface area contributed by atoms with Crippen molar-refractivity contribution >= 4 is 40.3 Å². The molecule has 254 valence electrons. The summed E-state index contributed by atoms with van der Waals surface area (Å²) in [6.07, 6.45) is 7.73. The van der Waals surface area contributed by atoms with Gasteiger partial charge >= 0.3 is 0 Å². The third kappa shape index (κ3) is 6.64. The summed E-state index contributed by atoms with van der Waals surface area (Å²) in [6.45, 7) is 9.20. The van der Waals surface area contributed by atoms with Crippen molar-refractivity contribution in [2.45, 2.75) is 46.1 Å². The maximum Gasteiger partial charge on any atom is 0.237 e. The summed E-state index contributed by atoms with van der Waals surface area (Å²) in [7, 11) is 1.86. The number of nitrogens with one attached hydrogen (secondary N) is 1. The smallest absolute Gasteiger partial charge is 0.237 e. The van der Waals surface area contributed by atoms with E-state index in [1.54, 1.807) is 39.5 Å². The lowest BCUT2D eigenvalue weighted by Crippen LogP contribution is -2.43. The van der Waals surface area contributed by atoms with Crippen molar-refractivity contribution in [1.29, 1.82) is 5.41 Å². The number of carbonyl (C=O) groups excluding carboxylic acids is 2. The molecule has 0 aliphatic carbocycles. The average molecular weight is 680 g/mol. The maximum absolute atomic E-state index is 14.0. The van der Waals surface area contributed by atoms with E-state index in [0.29, 0.717) is 68.6 Å². The summed E-state index contributed by atoms with van der Waals surface area (Å²) in [5.41, 5.74) is 2.98. The number of likely N-dealkylation sites (tertiary alicyclic amines) is 1. The molecule has 0 radical (unpaired) electrons. The normalized spacial score (nSPS) is 19.7. The van der Waals surface area contributed by atoms with E-state index in [1.165, 1.54) is 10.5 Å². The van der Waals surface area contributed by atoms with E-state index < -0.39 is 5.41 Å². The van der Waals surface area contributed by atoms with Gasteiger partial charge in [-0.2, -0.15) is 5.10 Å². The third-order valence-corrected chi connectivity index (χ3v) is 10.7. The monoisotopic (exact) mass is 679 g/mol. The summed E-state index contributed by atoms with van der Waals surface area (Å²) in [5, 5.41) is 13.3. The van der Waals surface area contributed by atoms with Crippen LogP contribution in [-0.2, 0) is 16.6 Å². The minimum Gasteiger partial charge on any atom is -0.475 e. The minimum absolute atomic E-state index is 0.0104. The van der Waals surface area contributed by atoms with Crippen LogP contribution in [0.25, 0.3) is 16.3 Å². The van der Waals surface area contributed by atoms with Crippen molar-refractivity contribution in [2.75, 3.05) is 44.2 Å². The first-order chi connectivity index (χ1) is 23.6. The zero-order valence-corrected chi connectivity index (χ0v) is 29.2. The Morgan fingerprint density at radius 1 is 1.06 bits per heavy atom. The van der Waals surface area contributed by atoms with Gasteiger partial charge in [-0.15, -0.1) is 11.3 Å². The molecule has 7 heterocycles. The second-order valence-electron chi connectivity index (χ2n) is 13.4. The standard InChI is InChI=1S/C36H41N9O3S/c1-23(2)48-30-10-6-26(19-38-30)32(37)33-24(3)5-9-29(40-33)45-18-14-36(35(45)47)13-17-43(21-36)20-31(46)44-15-11-25(12-16-44)27-7-8-28(49-27)34-39-22-42(4)41-34/h5-11,19,22-23,37H,12-18,20-21H2,1-4H3/t36-/m0/s1. The molecule has 1 spiro atoms. The highest BCUT2D eigenvalue weighted by atomic mass is 32.1. The highest BCUT2D eigenvalue weighted by molar-refractivity contribution is 7.16. The Kier molecular flexibility index (Phi) is 8.88. The molecule has 0 saturated carbocycles. The van der Waals surface area contributed by atoms with E-state index in [9.17, 15) is 9.59 Å². The number of aromatic nitrogens is 5. The molecule has 13 heteroatoms. The second-order valence-corrected chi connectivity index (χ2v) is 14.5. The molecule has 0 bridgehead atoms. The molecule has 3 aliphatic heterocycles. The van der Waals surface area contributed by atoms with Crippen LogP contribution in [0.4, 0.5) is 5.82 Å². The molecule has 12 nitrogen and oxygen atoms in total. The van der Waals surface area contributed by atoms with Crippen LogP contribution in [0, 0.1) is 17.7 Å². The number of thiophene rings is 1. The molecule has 2 fully saturated rings. The van der Waals surface area contributed by atoms with Gasteiger partial charge in [0.1, 0.15) is 12.1 Å². The maximum atomic E-state index is 14.0. The predicted molar refractivity (Wildman–Crippen MR) is 189 cm³/mol. The number of rotatable bonds is 9. The van der Waals surface area contributed by atoms with Crippen LogP contribution in [0.2, 0.25) is 0 Å². The first-order valence-corrected chi connectivity index (χ1v) is 17.6. The lowest BCUT2D eigenvalue weighted by Gasteiger charge is -2.29. The molecule has 49 heavy (non-hydrogen) atoms. The van der Waals surface area contributed by atoms with Crippen LogP contribution in [0.1, 0.15) is 54.8 Å². The largest absolute Gasteiger partial charge is 0.475 e. The van der Waals surface area contributed by atoms with Crippen molar-refractivity contribution in [1.82, 2.24) is 34.5 Å². The second kappa shape index (κ2) is 13.3.